The molecule has 0 bridgehead atoms. The van der Waals surface area contributed by atoms with E-state index in [-0.39, 0.29) is 5.56 Å². The molecule has 0 radical (unpaired) electrons. The van der Waals surface area contributed by atoms with Crippen molar-refractivity contribution < 1.29 is 9.90 Å². The summed E-state index contributed by atoms with van der Waals surface area (Å²) in [5.41, 5.74) is 2.12. The van der Waals surface area contributed by atoms with Crippen molar-refractivity contribution in [2.75, 3.05) is 5.32 Å². The van der Waals surface area contributed by atoms with E-state index >= 15 is 0 Å². The highest BCUT2D eigenvalue weighted by Crippen LogP contribution is 2.20. The zero-order valence-corrected chi connectivity index (χ0v) is 8.56. The molecule has 2 heterocycles. The molecular weight excluding hydrogens is 208 g/mol. The summed E-state index contributed by atoms with van der Waals surface area (Å²) in [5.74, 6) is -0.994. The Labute approximate surface area is 91.3 Å². The smallest absolute Gasteiger partial charge is 0.337 e. The molecule has 0 spiro atoms. The van der Waals surface area contributed by atoms with Crippen molar-refractivity contribution in [2.24, 2.45) is 0 Å². The molecule has 6 heteroatoms. The van der Waals surface area contributed by atoms with Crippen LogP contribution in [0.5, 0.6) is 0 Å². The Kier molecular flexibility index (Phi) is 2.55. The van der Waals surface area contributed by atoms with E-state index in [0.717, 1.165) is 11.4 Å². The van der Waals surface area contributed by atoms with E-state index in [1.807, 2.05) is 6.92 Å². The van der Waals surface area contributed by atoms with E-state index in [1.54, 1.807) is 6.20 Å². The Bertz CT molecular complexity index is 521. The molecule has 0 atom stereocenters. The van der Waals surface area contributed by atoms with Crippen LogP contribution in [0.15, 0.2) is 24.7 Å². The number of nitrogens with zero attached hydrogens (tertiary/aromatic N) is 2. The predicted molar refractivity (Wildman–Crippen MR) is 57.8 cm³/mol. The average molecular weight is 218 g/mol. The normalized spacial score (nSPS) is 10.1. The summed E-state index contributed by atoms with van der Waals surface area (Å²) in [7, 11) is 0. The lowest BCUT2D eigenvalue weighted by Gasteiger charge is -2.07. The number of hydrogen-bond donors (Lipinski definition) is 3. The number of aromatic carboxylic acids is 1. The van der Waals surface area contributed by atoms with Crippen molar-refractivity contribution in [2.45, 2.75) is 6.92 Å². The maximum atomic E-state index is 10.9. The minimum Gasteiger partial charge on any atom is -0.478 e. The van der Waals surface area contributed by atoms with Gasteiger partial charge in [0, 0.05) is 12.4 Å². The summed E-state index contributed by atoms with van der Waals surface area (Å²) in [6.45, 7) is 1.82. The first-order valence-corrected chi connectivity index (χ1v) is 4.63. The van der Waals surface area contributed by atoms with Crippen molar-refractivity contribution in [3.8, 4) is 0 Å². The molecule has 82 valence electrons. The second-order valence-corrected chi connectivity index (χ2v) is 3.24. The first-order chi connectivity index (χ1) is 7.68. The topological polar surface area (TPSA) is 90.9 Å². The molecule has 0 aliphatic heterocycles. The quantitative estimate of drug-likeness (QED) is 0.727. The first-order valence-electron chi connectivity index (χ1n) is 4.63. The van der Waals surface area contributed by atoms with E-state index in [1.165, 1.54) is 18.5 Å². The summed E-state index contributed by atoms with van der Waals surface area (Å²) in [6.07, 6.45) is 4.57. The molecule has 0 fully saturated rings. The van der Waals surface area contributed by atoms with Crippen molar-refractivity contribution in [1.29, 1.82) is 0 Å². The Morgan fingerprint density at radius 3 is 2.94 bits per heavy atom. The molecule has 0 amide bonds. The van der Waals surface area contributed by atoms with Gasteiger partial charge in [0.2, 0.25) is 0 Å². The molecular formula is C10H10N4O2. The highest BCUT2D eigenvalue weighted by molar-refractivity contribution is 5.94. The van der Waals surface area contributed by atoms with Crippen LogP contribution in [0, 0.1) is 6.92 Å². The SMILES string of the molecule is Cc1n[nH]cc1Nc1cnccc1C(=O)O. The Hall–Kier alpha value is -2.37. The number of hydrogen-bond acceptors (Lipinski definition) is 4. The van der Waals surface area contributed by atoms with Gasteiger partial charge in [0.25, 0.3) is 0 Å². The highest BCUT2D eigenvalue weighted by atomic mass is 16.4. The van der Waals surface area contributed by atoms with Crippen molar-refractivity contribution in [3.05, 3.63) is 35.9 Å². The Morgan fingerprint density at radius 2 is 2.31 bits per heavy atom. The van der Waals surface area contributed by atoms with Gasteiger partial charge in [-0.25, -0.2) is 4.79 Å². The van der Waals surface area contributed by atoms with E-state index in [9.17, 15) is 4.79 Å². The Morgan fingerprint density at radius 1 is 1.50 bits per heavy atom. The number of carboxylic acids is 1. The van der Waals surface area contributed by atoms with E-state index in [4.69, 9.17) is 5.11 Å². The summed E-state index contributed by atoms with van der Waals surface area (Å²) >= 11 is 0. The predicted octanol–water partition coefficient (Wildman–Crippen LogP) is 1.55. The van der Waals surface area contributed by atoms with Gasteiger partial charge in [-0.3, -0.25) is 10.1 Å². The molecule has 2 aromatic rings. The second-order valence-electron chi connectivity index (χ2n) is 3.24. The molecule has 3 N–H and O–H groups in total. The lowest BCUT2D eigenvalue weighted by molar-refractivity contribution is 0.0698. The van der Waals surface area contributed by atoms with Gasteiger partial charge in [-0.05, 0) is 13.0 Å². The minimum atomic E-state index is -0.994. The number of nitrogens with one attached hydrogen (secondary N) is 2. The molecule has 0 saturated carbocycles. The highest BCUT2D eigenvalue weighted by Gasteiger charge is 2.10. The standard InChI is InChI=1S/C10H10N4O2/c1-6-8(5-12-14-6)13-9-4-11-3-2-7(9)10(15)16/h2-5,13H,1H3,(H,12,14)(H,15,16). The molecule has 6 nitrogen and oxygen atoms in total. The number of aromatic amines is 1. The summed E-state index contributed by atoms with van der Waals surface area (Å²) in [4.78, 5) is 14.8. The van der Waals surface area contributed by atoms with Crippen LogP contribution in [0.2, 0.25) is 0 Å². The molecule has 0 saturated heterocycles. The number of rotatable bonds is 3. The van der Waals surface area contributed by atoms with Crippen LogP contribution >= 0.6 is 0 Å². The van der Waals surface area contributed by atoms with Gasteiger partial charge >= 0.3 is 5.97 Å². The number of aromatic nitrogens is 3. The van der Waals surface area contributed by atoms with Crippen LogP contribution in [-0.4, -0.2) is 26.3 Å². The number of anilines is 2. The third-order valence-corrected chi connectivity index (χ3v) is 2.15. The van der Waals surface area contributed by atoms with Gasteiger partial charge in [-0.15, -0.1) is 0 Å². The van der Waals surface area contributed by atoms with Gasteiger partial charge in [0.15, 0.2) is 0 Å². The number of aryl methyl sites for hydroxylation is 1. The zero-order chi connectivity index (χ0) is 11.5. The lowest BCUT2D eigenvalue weighted by atomic mass is 10.2. The Balaban J connectivity index is 2.35. The fraction of sp³-hybridized carbons (Fsp3) is 0.100. The van der Waals surface area contributed by atoms with Crippen LogP contribution in [0.3, 0.4) is 0 Å². The zero-order valence-electron chi connectivity index (χ0n) is 8.56. The van der Waals surface area contributed by atoms with Gasteiger partial charge in [-0.1, -0.05) is 0 Å². The van der Waals surface area contributed by atoms with Crippen LogP contribution in [-0.2, 0) is 0 Å². The number of carboxylic acid groups (broad SMARTS) is 1. The largest absolute Gasteiger partial charge is 0.478 e. The van der Waals surface area contributed by atoms with Gasteiger partial charge in [0.1, 0.15) is 0 Å². The monoisotopic (exact) mass is 218 g/mol. The van der Waals surface area contributed by atoms with Gasteiger partial charge in [-0.2, -0.15) is 5.10 Å². The number of carbonyl (C=O) groups is 1. The van der Waals surface area contributed by atoms with Crippen molar-refractivity contribution >= 4 is 17.3 Å². The molecule has 16 heavy (non-hydrogen) atoms. The number of H-pyrrole nitrogens is 1. The third kappa shape index (κ3) is 1.85. The number of pyridine rings is 1. The summed E-state index contributed by atoms with van der Waals surface area (Å²) in [6, 6.07) is 1.44. The van der Waals surface area contributed by atoms with Gasteiger partial charge < -0.3 is 10.4 Å². The van der Waals surface area contributed by atoms with Gasteiger partial charge in [0.05, 0.1) is 28.8 Å². The van der Waals surface area contributed by atoms with E-state index in [2.05, 4.69) is 20.5 Å². The fourth-order valence-corrected chi connectivity index (χ4v) is 1.31. The van der Waals surface area contributed by atoms with Crippen molar-refractivity contribution in [3.63, 3.8) is 0 Å². The molecule has 0 aliphatic rings. The van der Waals surface area contributed by atoms with Crippen molar-refractivity contribution in [1.82, 2.24) is 15.2 Å². The second kappa shape index (κ2) is 4.01. The summed E-state index contributed by atoms with van der Waals surface area (Å²) in [5, 5.41) is 18.6. The maximum Gasteiger partial charge on any atom is 0.337 e. The maximum absolute atomic E-state index is 10.9. The summed E-state index contributed by atoms with van der Waals surface area (Å²) < 4.78 is 0. The van der Waals surface area contributed by atoms with Crippen LogP contribution in [0.4, 0.5) is 11.4 Å². The van der Waals surface area contributed by atoms with Crippen LogP contribution < -0.4 is 5.32 Å². The molecule has 0 aliphatic carbocycles. The van der Waals surface area contributed by atoms with Crippen LogP contribution in [0.1, 0.15) is 16.1 Å². The van der Waals surface area contributed by atoms with E-state index < -0.39 is 5.97 Å². The molecule has 0 aromatic carbocycles. The fourth-order valence-electron chi connectivity index (χ4n) is 1.31. The molecule has 2 rings (SSSR count). The third-order valence-electron chi connectivity index (χ3n) is 2.15. The van der Waals surface area contributed by atoms with Crippen LogP contribution in [0.25, 0.3) is 0 Å². The average Bonchev–Trinajstić information content (AvgIpc) is 2.65. The lowest BCUT2D eigenvalue weighted by Crippen LogP contribution is -2.03. The molecule has 2 aromatic heterocycles. The van der Waals surface area contributed by atoms with E-state index in [0.29, 0.717) is 5.69 Å². The molecule has 0 unspecified atom stereocenters. The minimum absolute atomic E-state index is 0.176. The first kappa shape index (κ1) is 10.2.